The minimum absolute atomic E-state index is 0.0216. The second kappa shape index (κ2) is 6.07. The van der Waals surface area contributed by atoms with Crippen LogP contribution in [0.25, 0.3) is 10.2 Å². The van der Waals surface area contributed by atoms with Crippen LogP contribution in [0.4, 0.5) is 9.52 Å². The lowest BCUT2D eigenvalue weighted by molar-refractivity contribution is -0.126. The Hall–Kier alpha value is -1.69. The summed E-state index contributed by atoms with van der Waals surface area (Å²) in [6.07, 6.45) is 1.87. The van der Waals surface area contributed by atoms with Crippen molar-refractivity contribution in [2.45, 2.75) is 39.2 Å². The van der Waals surface area contributed by atoms with Crippen molar-refractivity contribution >= 4 is 32.6 Å². The zero-order valence-corrected chi connectivity index (χ0v) is 14.5. The van der Waals surface area contributed by atoms with Crippen molar-refractivity contribution in [1.82, 2.24) is 10.3 Å². The number of fused-ring (bicyclic) bond motifs is 1. The summed E-state index contributed by atoms with van der Waals surface area (Å²) in [5.74, 6) is -0.158. The lowest BCUT2D eigenvalue weighted by Crippen LogP contribution is -2.48. The van der Waals surface area contributed by atoms with Gasteiger partial charge in [-0.15, -0.1) is 0 Å². The van der Waals surface area contributed by atoms with Crippen LogP contribution in [0.2, 0.25) is 0 Å². The summed E-state index contributed by atoms with van der Waals surface area (Å²) in [6.45, 7) is 7.54. The van der Waals surface area contributed by atoms with Gasteiger partial charge in [-0.2, -0.15) is 0 Å². The number of nitrogens with one attached hydrogen (secondary N) is 1. The summed E-state index contributed by atoms with van der Waals surface area (Å²) in [5, 5.41) is 3.94. The molecule has 0 radical (unpaired) electrons. The van der Waals surface area contributed by atoms with Crippen LogP contribution in [0, 0.1) is 11.7 Å². The Morgan fingerprint density at radius 2 is 2.22 bits per heavy atom. The molecular formula is C17H22FN3OS. The number of amides is 1. The van der Waals surface area contributed by atoms with E-state index in [0.717, 1.165) is 34.7 Å². The minimum atomic E-state index is -0.242. The molecule has 0 spiro atoms. The van der Waals surface area contributed by atoms with Crippen LogP contribution < -0.4 is 10.2 Å². The SMILES string of the molecule is CC(C)(C)NC(=O)C1CCCN(c2nc3ccc(F)cc3s2)C1. The number of halogens is 1. The molecule has 0 aliphatic carbocycles. The number of carbonyl (C=O) groups excluding carboxylic acids is 1. The maximum Gasteiger partial charge on any atom is 0.225 e. The van der Waals surface area contributed by atoms with Crippen LogP contribution in [0.15, 0.2) is 18.2 Å². The van der Waals surface area contributed by atoms with Crippen LogP contribution in [0.5, 0.6) is 0 Å². The second-order valence-electron chi connectivity index (χ2n) is 7.13. The molecule has 1 amide bonds. The van der Waals surface area contributed by atoms with Gasteiger partial charge in [-0.1, -0.05) is 11.3 Å². The topological polar surface area (TPSA) is 45.2 Å². The molecule has 1 aromatic heterocycles. The first-order chi connectivity index (χ1) is 10.8. The van der Waals surface area contributed by atoms with Gasteiger partial charge in [0.05, 0.1) is 16.1 Å². The molecule has 1 atom stereocenters. The van der Waals surface area contributed by atoms with Crippen LogP contribution in [0.3, 0.4) is 0 Å². The van der Waals surface area contributed by atoms with Gasteiger partial charge in [0, 0.05) is 18.6 Å². The summed E-state index contributed by atoms with van der Waals surface area (Å²) in [7, 11) is 0. The Labute approximate surface area is 139 Å². The predicted octanol–water partition coefficient (Wildman–Crippen LogP) is 3.57. The average molecular weight is 335 g/mol. The molecule has 0 saturated carbocycles. The first-order valence-corrected chi connectivity index (χ1v) is 8.76. The summed E-state index contributed by atoms with van der Waals surface area (Å²) >= 11 is 1.49. The lowest BCUT2D eigenvalue weighted by Gasteiger charge is -2.33. The van der Waals surface area contributed by atoms with Crippen LogP contribution >= 0.6 is 11.3 Å². The highest BCUT2D eigenvalue weighted by molar-refractivity contribution is 7.22. The molecule has 1 saturated heterocycles. The van der Waals surface area contributed by atoms with E-state index >= 15 is 0 Å². The zero-order chi connectivity index (χ0) is 16.6. The molecule has 2 heterocycles. The van der Waals surface area contributed by atoms with Crippen molar-refractivity contribution in [2.75, 3.05) is 18.0 Å². The number of aromatic nitrogens is 1. The van der Waals surface area contributed by atoms with Crippen LogP contribution in [-0.2, 0) is 4.79 Å². The van der Waals surface area contributed by atoms with Gasteiger partial charge in [0.15, 0.2) is 5.13 Å². The van der Waals surface area contributed by atoms with E-state index in [4.69, 9.17) is 0 Å². The largest absolute Gasteiger partial charge is 0.351 e. The Bertz CT molecular complexity index is 722. The molecule has 3 rings (SSSR count). The van der Waals surface area contributed by atoms with Gasteiger partial charge in [0.25, 0.3) is 0 Å². The van der Waals surface area contributed by atoms with Crippen molar-refractivity contribution in [1.29, 1.82) is 0 Å². The number of thiazole rings is 1. The molecule has 124 valence electrons. The second-order valence-corrected chi connectivity index (χ2v) is 8.14. The number of anilines is 1. The maximum atomic E-state index is 13.3. The van der Waals surface area contributed by atoms with E-state index in [1.54, 1.807) is 6.07 Å². The van der Waals surface area contributed by atoms with Gasteiger partial charge in [0.2, 0.25) is 5.91 Å². The van der Waals surface area contributed by atoms with E-state index in [0.29, 0.717) is 6.54 Å². The number of hydrogen-bond donors (Lipinski definition) is 1. The number of rotatable bonds is 2. The summed E-state index contributed by atoms with van der Waals surface area (Å²) in [4.78, 5) is 19.1. The van der Waals surface area contributed by atoms with Crippen LogP contribution in [-0.4, -0.2) is 29.5 Å². The van der Waals surface area contributed by atoms with E-state index in [9.17, 15) is 9.18 Å². The Morgan fingerprint density at radius 3 is 2.96 bits per heavy atom. The molecule has 1 unspecified atom stereocenters. The fourth-order valence-electron chi connectivity index (χ4n) is 2.86. The van der Waals surface area contributed by atoms with E-state index in [1.807, 2.05) is 20.8 Å². The highest BCUT2D eigenvalue weighted by Gasteiger charge is 2.29. The highest BCUT2D eigenvalue weighted by atomic mass is 32.1. The molecule has 1 N–H and O–H groups in total. The third-order valence-electron chi connectivity index (χ3n) is 3.90. The average Bonchev–Trinajstić information content (AvgIpc) is 2.88. The van der Waals surface area contributed by atoms with Gasteiger partial charge in [-0.3, -0.25) is 4.79 Å². The third kappa shape index (κ3) is 3.80. The summed E-state index contributed by atoms with van der Waals surface area (Å²) in [5.41, 5.74) is 0.597. The van der Waals surface area contributed by atoms with E-state index < -0.39 is 0 Å². The van der Waals surface area contributed by atoms with Crippen molar-refractivity contribution in [3.8, 4) is 0 Å². The van der Waals surface area contributed by atoms with Gasteiger partial charge in [-0.05, 0) is 51.8 Å². The van der Waals surface area contributed by atoms with E-state index in [-0.39, 0.29) is 23.2 Å². The highest BCUT2D eigenvalue weighted by Crippen LogP contribution is 2.32. The molecular weight excluding hydrogens is 313 g/mol. The van der Waals surface area contributed by atoms with E-state index in [1.165, 1.54) is 23.5 Å². The number of hydrogen-bond acceptors (Lipinski definition) is 4. The summed E-state index contributed by atoms with van der Waals surface area (Å²) in [6, 6.07) is 4.66. The molecule has 6 heteroatoms. The first-order valence-electron chi connectivity index (χ1n) is 7.95. The van der Waals surface area contributed by atoms with Crippen LogP contribution in [0.1, 0.15) is 33.6 Å². The number of piperidine rings is 1. The maximum absolute atomic E-state index is 13.3. The fraction of sp³-hybridized carbons (Fsp3) is 0.529. The normalized spacial score (nSPS) is 19.1. The van der Waals surface area contributed by atoms with Crippen molar-refractivity contribution < 1.29 is 9.18 Å². The quantitative estimate of drug-likeness (QED) is 0.912. The van der Waals surface area contributed by atoms with E-state index in [2.05, 4.69) is 15.2 Å². The minimum Gasteiger partial charge on any atom is -0.351 e. The van der Waals surface area contributed by atoms with Crippen molar-refractivity contribution in [2.24, 2.45) is 5.92 Å². The Kier molecular flexibility index (Phi) is 4.27. The number of nitrogens with zero attached hydrogens (tertiary/aromatic N) is 2. The summed E-state index contributed by atoms with van der Waals surface area (Å²) < 4.78 is 14.2. The zero-order valence-electron chi connectivity index (χ0n) is 13.7. The monoisotopic (exact) mass is 335 g/mol. The molecule has 1 aromatic carbocycles. The fourth-order valence-corrected chi connectivity index (χ4v) is 3.88. The predicted molar refractivity (Wildman–Crippen MR) is 92.4 cm³/mol. The molecule has 23 heavy (non-hydrogen) atoms. The number of benzene rings is 1. The third-order valence-corrected chi connectivity index (χ3v) is 4.98. The lowest BCUT2D eigenvalue weighted by atomic mass is 9.96. The molecule has 4 nitrogen and oxygen atoms in total. The Balaban J connectivity index is 1.75. The first kappa shape index (κ1) is 16.2. The van der Waals surface area contributed by atoms with Gasteiger partial charge in [0.1, 0.15) is 5.82 Å². The van der Waals surface area contributed by atoms with Gasteiger partial charge in [-0.25, -0.2) is 9.37 Å². The molecule has 1 aliphatic heterocycles. The molecule has 0 bridgehead atoms. The van der Waals surface area contributed by atoms with Gasteiger partial charge < -0.3 is 10.2 Å². The molecule has 1 fully saturated rings. The Morgan fingerprint density at radius 1 is 1.43 bits per heavy atom. The smallest absolute Gasteiger partial charge is 0.225 e. The number of carbonyl (C=O) groups is 1. The van der Waals surface area contributed by atoms with Gasteiger partial charge >= 0.3 is 0 Å². The van der Waals surface area contributed by atoms with Crippen molar-refractivity contribution in [3.05, 3.63) is 24.0 Å². The standard InChI is InChI=1S/C17H22FN3OS/c1-17(2,3)20-15(22)11-5-4-8-21(10-11)16-19-13-7-6-12(18)9-14(13)23-16/h6-7,9,11H,4-5,8,10H2,1-3H3,(H,20,22). The van der Waals surface area contributed by atoms with Crippen molar-refractivity contribution in [3.63, 3.8) is 0 Å². The molecule has 1 aliphatic rings. The molecule has 2 aromatic rings.